The lowest BCUT2D eigenvalue weighted by molar-refractivity contribution is -0.122. The maximum absolute atomic E-state index is 12.2. The molecule has 5 nitrogen and oxygen atoms in total. The number of rotatable bonds is 6. The van der Waals surface area contributed by atoms with Crippen LogP contribution in [0.3, 0.4) is 0 Å². The van der Waals surface area contributed by atoms with Crippen LogP contribution < -0.4 is 10.1 Å². The van der Waals surface area contributed by atoms with Crippen molar-refractivity contribution in [3.05, 3.63) is 52.0 Å². The molecule has 0 aliphatic carbocycles. The van der Waals surface area contributed by atoms with Crippen molar-refractivity contribution in [2.45, 2.75) is 24.8 Å². The molecular weight excluding hydrogens is 430 g/mol. The first-order chi connectivity index (χ1) is 11.7. The van der Waals surface area contributed by atoms with Crippen LogP contribution in [-0.4, -0.2) is 26.2 Å². The number of ether oxygens (including phenoxy) is 1. The van der Waals surface area contributed by atoms with Crippen molar-refractivity contribution < 1.29 is 17.9 Å². The first-order valence-corrected chi connectivity index (χ1v) is 10.3. The van der Waals surface area contributed by atoms with Crippen LogP contribution in [0.25, 0.3) is 0 Å². The highest BCUT2D eigenvalue weighted by Crippen LogP contribution is 2.29. The second kappa shape index (κ2) is 8.21. The lowest BCUT2D eigenvalue weighted by Crippen LogP contribution is -2.30. The van der Waals surface area contributed by atoms with Gasteiger partial charge in [-0.25, -0.2) is 8.42 Å². The fraction of sp³-hybridized carbons (Fsp3) is 0.235. The number of benzene rings is 2. The molecule has 1 amide bonds. The van der Waals surface area contributed by atoms with Gasteiger partial charge in [0.2, 0.25) is 0 Å². The molecule has 134 valence electrons. The van der Waals surface area contributed by atoms with E-state index in [4.69, 9.17) is 16.3 Å². The van der Waals surface area contributed by atoms with Crippen LogP contribution in [-0.2, 0) is 14.6 Å². The molecule has 8 heteroatoms. The summed E-state index contributed by atoms with van der Waals surface area (Å²) in [5.74, 6) is 0.170. The Balaban J connectivity index is 2.03. The first-order valence-electron chi connectivity index (χ1n) is 7.48. The highest BCUT2D eigenvalue weighted by Gasteiger charge is 2.17. The van der Waals surface area contributed by atoms with Gasteiger partial charge in [-0.05, 0) is 65.3 Å². The number of nitrogens with one attached hydrogen (secondary N) is 1. The van der Waals surface area contributed by atoms with Crippen LogP contribution in [0.15, 0.2) is 51.8 Å². The lowest BCUT2D eigenvalue weighted by atomic mass is 10.3. The summed E-state index contributed by atoms with van der Waals surface area (Å²) in [6.07, 6.45) is -0.753. The van der Waals surface area contributed by atoms with Gasteiger partial charge in [0.1, 0.15) is 5.75 Å². The molecule has 0 fully saturated rings. The van der Waals surface area contributed by atoms with Crippen molar-refractivity contribution in [2.75, 3.05) is 11.1 Å². The maximum atomic E-state index is 12.2. The number of carbonyl (C=O) groups excluding carboxylic acids is 1. The Morgan fingerprint density at radius 1 is 1.24 bits per heavy atom. The quantitative estimate of drug-likeness (QED) is 0.718. The number of hydrogen-bond donors (Lipinski definition) is 1. The third-order valence-corrected chi connectivity index (χ3v) is 6.03. The summed E-state index contributed by atoms with van der Waals surface area (Å²) < 4.78 is 29.8. The number of sulfone groups is 1. The standard InChI is InChI=1S/C17H17BrClNO4S/c1-3-25(22,23)14-7-5-13(6-8-14)20-17(21)11(2)24-16-9-4-12(19)10-15(16)18/h4-11H,3H2,1-2H3,(H,20,21). The fourth-order valence-electron chi connectivity index (χ4n) is 1.97. The fourth-order valence-corrected chi connectivity index (χ4v) is 3.63. The third kappa shape index (κ3) is 5.20. The Morgan fingerprint density at radius 2 is 1.88 bits per heavy atom. The summed E-state index contributed by atoms with van der Waals surface area (Å²) in [6.45, 7) is 3.20. The Kier molecular flexibility index (Phi) is 6.48. The van der Waals surface area contributed by atoms with Gasteiger partial charge in [-0.1, -0.05) is 18.5 Å². The minimum absolute atomic E-state index is 0.0273. The number of hydrogen-bond acceptors (Lipinski definition) is 4. The van der Waals surface area contributed by atoms with Crippen molar-refractivity contribution in [1.82, 2.24) is 0 Å². The van der Waals surface area contributed by atoms with Crippen LogP contribution in [0.1, 0.15) is 13.8 Å². The van der Waals surface area contributed by atoms with Crippen LogP contribution in [0, 0.1) is 0 Å². The lowest BCUT2D eigenvalue weighted by Gasteiger charge is -2.16. The smallest absolute Gasteiger partial charge is 0.265 e. The van der Waals surface area contributed by atoms with E-state index in [-0.39, 0.29) is 16.6 Å². The molecule has 0 radical (unpaired) electrons. The average Bonchev–Trinajstić information content (AvgIpc) is 2.57. The molecule has 0 aromatic heterocycles. The van der Waals surface area contributed by atoms with E-state index < -0.39 is 15.9 Å². The Morgan fingerprint density at radius 3 is 2.44 bits per heavy atom. The van der Waals surface area contributed by atoms with E-state index in [0.717, 1.165) is 0 Å². The minimum Gasteiger partial charge on any atom is -0.480 e. The van der Waals surface area contributed by atoms with Crippen molar-refractivity contribution >= 4 is 49.0 Å². The molecular formula is C17H17BrClNO4S. The Labute approximate surface area is 160 Å². The molecule has 0 saturated carbocycles. The predicted molar refractivity (Wildman–Crippen MR) is 102 cm³/mol. The second-order valence-corrected chi connectivity index (χ2v) is 8.82. The molecule has 0 aliphatic rings. The molecule has 0 bridgehead atoms. The third-order valence-electron chi connectivity index (χ3n) is 3.43. The normalized spacial score (nSPS) is 12.5. The van der Waals surface area contributed by atoms with Crippen molar-refractivity contribution in [3.8, 4) is 5.75 Å². The van der Waals surface area contributed by atoms with Crippen molar-refractivity contribution in [1.29, 1.82) is 0 Å². The van der Waals surface area contributed by atoms with Crippen LogP contribution in [0.2, 0.25) is 5.02 Å². The number of anilines is 1. The highest BCUT2D eigenvalue weighted by molar-refractivity contribution is 9.10. The van der Waals surface area contributed by atoms with E-state index in [1.54, 1.807) is 44.2 Å². The van der Waals surface area contributed by atoms with Gasteiger partial charge in [-0.3, -0.25) is 4.79 Å². The van der Waals surface area contributed by atoms with Crippen LogP contribution in [0.5, 0.6) is 5.75 Å². The Hall–Kier alpha value is -1.57. The molecule has 0 saturated heterocycles. The highest BCUT2D eigenvalue weighted by atomic mass is 79.9. The van der Waals surface area contributed by atoms with Crippen molar-refractivity contribution in [3.63, 3.8) is 0 Å². The van der Waals surface area contributed by atoms with Gasteiger partial charge in [0, 0.05) is 10.7 Å². The van der Waals surface area contributed by atoms with Gasteiger partial charge in [-0.2, -0.15) is 0 Å². The van der Waals surface area contributed by atoms with E-state index in [2.05, 4.69) is 21.2 Å². The van der Waals surface area contributed by atoms with E-state index in [1.165, 1.54) is 12.1 Å². The second-order valence-electron chi connectivity index (χ2n) is 5.25. The van der Waals surface area contributed by atoms with E-state index in [1.807, 2.05) is 0 Å². The molecule has 1 atom stereocenters. The topological polar surface area (TPSA) is 72.5 Å². The summed E-state index contributed by atoms with van der Waals surface area (Å²) >= 11 is 9.20. The van der Waals surface area contributed by atoms with Gasteiger partial charge < -0.3 is 10.1 Å². The summed E-state index contributed by atoms with van der Waals surface area (Å²) in [6, 6.07) is 11.0. The molecule has 2 rings (SSSR count). The summed E-state index contributed by atoms with van der Waals surface area (Å²) in [7, 11) is -3.26. The zero-order valence-corrected chi connectivity index (χ0v) is 16.8. The van der Waals surface area contributed by atoms with Crippen molar-refractivity contribution in [2.24, 2.45) is 0 Å². The summed E-state index contributed by atoms with van der Waals surface area (Å²) in [4.78, 5) is 12.5. The van der Waals surface area contributed by atoms with E-state index in [9.17, 15) is 13.2 Å². The number of amides is 1. The SMILES string of the molecule is CCS(=O)(=O)c1ccc(NC(=O)C(C)Oc2ccc(Cl)cc2Br)cc1. The number of halogens is 2. The van der Waals surface area contributed by atoms with Gasteiger partial charge in [-0.15, -0.1) is 0 Å². The molecule has 1 N–H and O–H groups in total. The van der Waals surface area contributed by atoms with Gasteiger partial charge in [0.05, 0.1) is 15.1 Å². The molecule has 2 aromatic carbocycles. The van der Waals surface area contributed by atoms with Gasteiger partial charge in [0.25, 0.3) is 5.91 Å². The number of carbonyl (C=O) groups is 1. The predicted octanol–water partition coefficient (Wildman–Crippen LogP) is 4.30. The molecule has 1 unspecified atom stereocenters. The molecule has 0 aliphatic heterocycles. The summed E-state index contributed by atoms with van der Waals surface area (Å²) in [5.41, 5.74) is 0.491. The molecule has 0 spiro atoms. The molecule has 25 heavy (non-hydrogen) atoms. The van der Waals surface area contributed by atoms with Gasteiger partial charge >= 0.3 is 0 Å². The monoisotopic (exact) mass is 445 g/mol. The van der Waals surface area contributed by atoms with E-state index >= 15 is 0 Å². The maximum Gasteiger partial charge on any atom is 0.265 e. The Bertz CT molecular complexity index is 869. The van der Waals surface area contributed by atoms with Crippen LogP contribution in [0.4, 0.5) is 5.69 Å². The molecule has 2 aromatic rings. The first kappa shape index (κ1) is 19.8. The zero-order valence-electron chi connectivity index (χ0n) is 13.6. The van der Waals surface area contributed by atoms with E-state index in [0.29, 0.717) is 20.9 Å². The average molecular weight is 447 g/mol. The summed E-state index contributed by atoms with van der Waals surface area (Å²) in [5, 5.41) is 3.24. The minimum atomic E-state index is -3.26. The van der Waals surface area contributed by atoms with Gasteiger partial charge in [0.15, 0.2) is 15.9 Å². The largest absolute Gasteiger partial charge is 0.480 e. The zero-order chi connectivity index (χ0) is 18.6. The van der Waals surface area contributed by atoms with Crippen LogP contribution >= 0.6 is 27.5 Å². The molecule has 0 heterocycles.